The maximum atomic E-state index is 11.9. The molecule has 1 unspecified atom stereocenters. The minimum Gasteiger partial charge on any atom is -0.489 e. The van der Waals surface area contributed by atoms with Crippen LogP contribution in [0.5, 0.6) is 5.75 Å². The lowest BCUT2D eigenvalue weighted by atomic mass is 10.1. The van der Waals surface area contributed by atoms with Gasteiger partial charge in [0, 0.05) is 19.0 Å². The Hall–Kier alpha value is -1.59. The Morgan fingerprint density at radius 2 is 2.00 bits per heavy atom. The first-order valence-corrected chi connectivity index (χ1v) is 7.21. The van der Waals surface area contributed by atoms with Crippen LogP contribution in [0.25, 0.3) is 0 Å². The van der Waals surface area contributed by atoms with Crippen LogP contribution in [0.2, 0.25) is 0 Å². The minimum atomic E-state index is -1.17. The van der Waals surface area contributed by atoms with Gasteiger partial charge in [0.05, 0.1) is 0 Å². The third kappa shape index (κ3) is 4.72. The lowest BCUT2D eigenvalue weighted by molar-refractivity contribution is -0.166. The van der Waals surface area contributed by atoms with Crippen LogP contribution in [0.3, 0.4) is 0 Å². The van der Waals surface area contributed by atoms with Crippen LogP contribution in [0.15, 0.2) is 30.3 Å². The summed E-state index contributed by atoms with van der Waals surface area (Å²) >= 11 is 0. The van der Waals surface area contributed by atoms with Gasteiger partial charge in [0.25, 0.3) is 0 Å². The number of carbonyl (C=O) groups is 1. The van der Waals surface area contributed by atoms with E-state index in [2.05, 4.69) is 5.32 Å². The number of aliphatic hydroxyl groups is 1. The molecule has 0 bridgehead atoms. The molecule has 1 aliphatic heterocycles. The normalized spacial score (nSPS) is 23.6. The molecule has 0 saturated carbocycles. The van der Waals surface area contributed by atoms with Gasteiger partial charge in [0.15, 0.2) is 6.10 Å². The van der Waals surface area contributed by atoms with Gasteiger partial charge in [0.2, 0.25) is 0 Å². The van der Waals surface area contributed by atoms with E-state index in [0.29, 0.717) is 13.0 Å². The zero-order chi connectivity index (χ0) is 15.5. The van der Waals surface area contributed by atoms with Gasteiger partial charge < -0.3 is 19.9 Å². The van der Waals surface area contributed by atoms with Gasteiger partial charge in [-0.05, 0) is 32.9 Å². The summed E-state index contributed by atoms with van der Waals surface area (Å²) in [6.07, 6.45) is -0.668. The van der Waals surface area contributed by atoms with E-state index in [4.69, 9.17) is 9.47 Å². The molecule has 1 saturated heterocycles. The van der Waals surface area contributed by atoms with Crippen LogP contribution in [0.1, 0.15) is 27.2 Å². The highest BCUT2D eigenvalue weighted by Crippen LogP contribution is 2.19. The molecule has 1 aromatic rings. The largest absolute Gasteiger partial charge is 0.489 e. The van der Waals surface area contributed by atoms with Crippen molar-refractivity contribution in [3.8, 4) is 5.75 Å². The monoisotopic (exact) mass is 293 g/mol. The van der Waals surface area contributed by atoms with Gasteiger partial charge in [-0.25, -0.2) is 4.79 Å². The van der Waals surface area contributed by atoms with Crippen molar-refractivity contribution in [2.24, 2.45) is 0 Å². The second-order valence-electron chi connectivity index (χ2n) is 6.28. The number of nitrogens with one attached hydrogen (secondary N) is 1. The molecule has 1 heterocycles. The standard InChI is InChI=1S/C16H23NO4/c1-16(2,3)21-15(19)14(18)13-9-12(10-17-13)20-11-7-5-4-6-8-11/h4-8,12-14,17-18H,9-10H2,1-3H3/t12-,13-,14?/m0/s1. The van der Waals surface area contributed by atoms with Gasteiger partial charge in [-0.1, -0.05) is 18.2 Å². The van der Waals surface area contributed by atoms with Crippen LogP contribution in [0, 0.1) is 0 Å². The Kier molecular flexibility index (Phi) is 4.85. The zero-order valence-electron chi connectivity index (χ0n) is 12.7. The first-order valence-electron chi connectivity index (χ1n) is 7.21. The fraction of sp³-hybridized carbons (Fsp3) is 0.562. The number of rotatable bonds is 4. The molecule has 0 radical (unpaired) electrons. The Labute approximate surface area is 125 Å². The van der Waals surface area contributed by atoms with Gasteiger partial charge in [0.1, 0.15) is 17.5 Å². The number of para-hydroxylation sites is 1. The topological polar surface area (TPSA) is 67.8 Å². The molecular weight excluding hydrogens is 270 g/mol. The Morgan fingerprint density at radius 1 is 1.33 bits per heavy atom. The number of aliphatic hydroxyl groups excluding tert-OH is 1. The quantitative estimate of drug-likeness (QED) is 0.823. The molecule has 0 spiro atoms. The van der Waals surface area contributed by atoms with Crippen LogP contribution in [-0.2, 0) is 9.53 Å². The summed E-state index contributed by atoms with van der Waals surface area (Å²) in [6.45, 7) is 5.93. The van der Waals surface area contributed by atoms with Crippen LogP contribution >= 0.6 is 0 Å². The van der Waals surface area contributed by atoms with Crippen LogP contribution in [-0.4, -0.2) is 41.5 Å². The molecule has 1 fully saturated rings. The highest BCUT2D eigenvalue weighted by Gasteiger charge is 2.36. The molecule has 0 amide bonds. The number of esters is 1. The van der Waals surface area contributed by atoms with Crippen molar-refractivity contribution in [2.75, 3.05) is 6.54 Å². The first kappa shape index (κ1) is 15.8. The van der Waals surface area contributed by atoms with Crippen molar-refractivity contribution in [2.45, 2.75) is 51.0 Å². The Balaban J connectivity index is 1.85. The number of hydrogen-bond acceptors (Lipinski definition) is 5. The van der Waals surface area contributed by atoms with Crippen molar-refractivity contribution in [3.63, 3.8) is 0 Å². The Morgan fingerprint density at radius 3 is 2.62 bits per heavy atom. The first-order chi connectivity index (χ1) is 9.85. The third-order valence-electron chi connectivity index (χ3n) is 3.20. The highest BCUT2D eigenvalue weighted by molar-refractivity contribution is 5.75. The molecule has 1 aromatic carbocycles. The van der Waals surface area contributed by atoms with E-state index in [1.165, 1.54) is 0 Å². The summed E-state index contributed by atoms with van der Waals surface area (Å²) in [6, 6.07) is 9.17. The molecule has 116 valence electrons. The van der Waals surface area contributed by atoms with Gasteiger partial charge >= 0.3 is 5.97 Å². The molecule has 5 heteroatoms. The van der Waals surface area contributed by atoms with E-state index in [1.807, 2.05) is 30.3 Å². The average molecular weight is 293 g/mol. The molecule has 21 heavy (non-hydrogen) atoms. The predicted molar refractivity (Wildman–Crippen MR) is 79.1 cm³/mol. The van der Waals surface area contributed by atoms with Crippen molar-refractivity contribution in [1.29, 1.82) is 0 Å². The molecule has 2 rings (SSSR count). The number of carbonyl (C=O) groups excluding carboxylic acids is 1. The summed E-state index contributed by atoms with van der Waals surface area (Å²) in [7, 11) is 0. The lowest BCUT2D eigenvalue weighted by Crippen LogP contribution is -2.43. The lowest BCUT2D eigenvalue weighted by Gasteiger charge is -2.24. The molecule has 0 aliphatic carbocycles. The van der Waals surface area contributed by atoms with Crippen molar-refractivity contribution in [1.82, 2.24) is 5.32 Å². The van der Waals surface area contributed by atoms with E-state index in [9.17, 15) is 9.90 Å². The predicted octanol–water partition coefficient (Wildman–Crippen LogP) is 1.50. The van der Waals surface area contributed by atoms with Gasteiger partial charge in [-0.3, -0.25) is 0 Å². The van der Waals surface area contributed by atoms with Gasteiger partial charge in [-0.15, -0.1) is 0 Å². The summed E-state index contributed by atoms with van der Waals surface area (Å²) in [5.74, 6) is 0.192. The van der Waals surface area contributed by atoms with E-state index in [0.717, 1.165) is 5.75 Å². The van der Waals surface area contributed by atoms with Crippen molar-refractivity contribution in [3.05, 3.63) is 30.3 Å². The van der Waals surface area contributed by atoms with E-state index < -0.39 is 17.7 Å². The fourth-order valence-electron chi connectivity index (χ4n) is 2.28. The molecule has 5 nitrogen and oxygen atoms in total. The van der Waals surface area contributed by atoms with Crippen molar-refractivity contribution >= 4 is 5.97 Å². The number of ether oxygens (including phenoxy) is 2. The van der Waals surface area contributed by atoms with E-state index in [-0.39, 0.29) is 12.1 Å². The van der Waals surface area contributed by atoms with Gasteiger partial charge in [-0.2, -0.15) is 0 Å². The molecule has 1 aliphatic rings. The molecular formula is C16H23NO4. The van der Waals surface area contributed by atoms with E-state index >= 15 is 0 Å². The Bertz CT molecular complexity index is 469. The number of hydrogen-bond donors (Lipinski definition) is 2. The minimum absolute atomic E-state index is 0.0607. The summed E-state index contributed by atoms with van der Waals surface area (Å²) in [5.41, 5.74) is -0.601. The molecule has 3 atom stereocenters. The van der Waals surface area contributed by atoms with E-state index in [1.54, 1.807) is 20.8 Å². The second kappa shape index (κ2) is 6.45. The van der Waals surface area contributed by atoms with Crippen molar-refractivity contribution < 1.29 is 19.4 Å². The fourth-order valence-corrected chi connectivity index (χ4v) is 2.28. The summed E-state index contributed by atoms with van der Waals surface area (Å²) in [4.78, 5) is 11.9. The average Bonchev–Trinajstić information content (AvgIpc) is 2.85. The smallest absolute Gasteiger partial charge is 0.337 e. The summed E-state index contributed by atoms with van der Waals surface area (Å²) in [5, 5.41) is 13.2. The second-order valence-corrected chi connectivity index (χ2v) is 6.28. The summed E-state index contributed by atoms with van der Waals surface area (Å²) < 4.78 is 11.0. The third-order valence-corrected chi connectivity index (χ3v) is 3.20. The maximum absolute atomic E-state index is 11.9. The SMILES string of the molecule is CC(C)(C)OC(=O)C(O)[C@@H]1C[C@H](Oc2ccccc2)CN1. The zero-order valence-corrected chi connectivity index (χ0v) is 12.7. The molecule has 0 aromatic heterocycles. The number of benzene rings is 1. The molecule has 2 N–H and O–H groups in total. The highest BCUT2D eigenvalue weighted by atomic mass is 16.6. The maximum Gasteiger partial charge on any atom is 0.337 e. The van der Waals surface area contributed by atoms with Crippen LogP contribution in [0.4, 0.5) is 0 Å². The van der Waals surface area contributed by atoms with Crippen LogP contribution < -0.4 is 10.1 Å².